The lowest BCUT2D eigenvalue weighted by Crippen LogP contribution is -2.25. The Balaban J connectivity index is 2.15. The van der Waals surface area contributed by atoms with Crippen molar-refractivity contribution in [1.29, 1.82) is 0 Å². The first-order valence-electron chi connectivity index (χ1n) is 7.74. The van der Waals surface area contributed by atoms with Crippen LogP contribution in [-0.2, 0) is 6.42 Å². The van der Waals surface area contributed by atoms with Crippen LogP contribution in [0.4, 0.5) is 0 Å². The summed E-state index contributed by atoms with van der Waals surface area (Å²) in [4.78, 5) is 0. The molecule has 0 fully saturated rings. The molecule has 1 aromatic carbocycles. The van der Waals surface area contributed by atoms with Gasteiger partial charge in [-0.25, -0.2) is 0 Å². The summed E-state index contributed by atoms with van der Waals surface area (Å²) in [5.41, 5.74) is 2.89. The molecule has 0 radical (unpaired) electrons. The van der Waals surface area contributed by atoms with Crippen LogP contribution in [0.1, 0.15) is 57.2 Å². The molecule has 19 heavy (non-hydrogen) atoms. The smallest absolute Gasteiger partial charge is 0.122 e. The maximum atomic E-state index is 6.06. The molecule has 0 saturated carbocycles. The lowest BCUT2D eigenvalue weighted by Gasteiger charge is -2.28. The van der Waals surface area contributed by atoms with Gasteiger partial charge in [-0.15, -0.1) is 0 Å². The summed E-state index contributed by atoms with van der Waals surface area (Å²) in [6, 6.07) is 7.05. The fourth-order valence-corrected chi connectivity index (χ4v) is 2.76. The Morgan fingerprint density at radius 1 is 1.37 bits per heavy atom. The highest BCUT2D eigenvalue weighted by Gasteiger charge is 2.22. The summed E-state index contributed by atoms with van der Waals surface area (Å²) in [6.45, 7) is 8.50. The second-order valence-corrected chi connectivity index (χ2v) is 5.65. The zero-order valence-electron chi connectivity index (χ0n) is 12.5. The van der Waals surface area contributed by atoms with Crippen molar-refractivity contribution in [3.05, 3.63) is 29.3 Å². The van der Waals surface area contributed by atoms with Crippen LogP contribution in [0.2, 0.25) is 0 Å². The second-order valence-electron chi connectivity index (χ2n) is 5.65. The molecule has 106 valence electrons. The lowest BCUT2D eigenvalue weighted by molar-refractivity contribution is 0.252. The van der Waals surface area contributed by atoms with Gasteiger partial charge in [0.15, 0.2) is 0 Å². The van der Waals surface area contributed by atoms with Gasteiger partial charge in [-0.2, -0.15) is 0 Å². The molecule has 2 atom stereocenters. The van der Waals surface area contributed by atoms with Crippen LogP contribution in [0, 0.1) is 5.92 Å². The third-order valence-corrected chi connectivity index (χ3v) is 4.14. The number of nitrogens with one attached hydrogen (secondary N) is 1. The van der Waals surface area contributed by atoms with Gasteiger partial charge in [-0.3, -0.25) is 0 Å². The van der Waals surface area contributed by atoms with E-state index in [9.17, 15) is 0 Å². The van der Waals surface area contributed by atoms with E-state index in [1.54, 1.807) is 0 Å². The quantitative estimate of drug-likeness (QED) is 0.832. The molecule has 1 aromatic rings. The third-order valence-electron chi connectivity index (χ3n) is 4.14. The third kappa shape index (κ3) is 3.50. The van der Waals surface area contributed by atoms with Crippen molar-refractivity contribution in [3.8, 4) is 5.75 Å². The first kappa shape index (κ1) is 14.4. The zero-order chi connectivity index (χ0) is 13.7. The van der Waals surface area contributed by atoms with E-state index < -0.39 is 0 Å². The highest BCUT2D eigenvalue weighted by molar-refractivity contribution is 5.43. The predicted molar refractivity (Wildman–Crippen MR) is 80.7 cm³/mol. The molecular weight excluding hydrogens is 234 g/mol. The Bertz CT molecular complexity index is 402. The molecule has 1 N–H and O–H groups in total. The molecule has 0 aliphatic heterocycles. The number of benzene rings is 1. The van der Waals surface area contributed by atoms with E-state index >= 15 is 0 Å². The number of hydrogen-bond acceptors (Lipinski definition) is 2. The van der Waals surface area contributed by atoms with E-state index in [4.69, 9.17) is 4.74 Å². The Hall–Kier alpha value is -1.02. The van der Waals surface area contributed by atoms with Crippen LogP contribution in [0.25, 0.3) is 0 Å². The van der Waals surface area contributed by atoms with Gasteiger partial charge in [0.25, 0.3) is 0 Å². The number of ether oxygens (including phenoxy) is 1. The van der Waals surface area contributed by atoms with Crippen LogP contribution in [-0.4, -0.2) is 13.2 Å². The summed E-state index contributed by atoms with van der Waals surface area (Å²) in [5, 5.41) is 3.59. The molecule has 2 heteroatoms. The van der Waals surface area contributed by atoms with E-state index in [0.717, 1.165) is 25.3 Å². The molecule has 0 aromatic heterocycles. The van der Waals surface area contributed by atoms with Gasteiger partial charge in [0, 0.05) is 6.04 Å². The maximum Gasteiger partial charge on any atom is 0.122 e. The Morgan fingerprint density at radius 3 is 2.95 bits per heavy atom. The van der Waals surface area contributed by atoms with Crippen molar-refractivity contribution in [3.63, 3.8) is 0 Å². The zero-order valence-corrected chi connectivity index (χ0v) is 12.5. The van der Waals surface area contributed by atoms with Crippen molar-refractivity contribution in [2.75, 3.05) is 13.2 Å². The molecule has 2 rings (SSSR count). The van der Waals surface area contributed by atoms with E-state index in [-0.39, 0.29) is 0 Å². The van der Waals surface area contributed by atoms with Gasteiger partial charge < -0.3 is 10.1 Å². The van der Waals surface area contributed by atoms with Gasteiger partial charge in [-0.1, -0.05) is 39.3 Å². The van der Waals surface area contributed by atoms with Gasteiger partial charge >= 0.3 is 0 Å². The Labute approximate surface area is 117 Å². The summed E-state index contributed by atoms with van der Waals surface area (Å²) < 4.78 is 6.06. The van der Waals surface area contributed by atoms with Crippen LogP contribution < -0.4 is 10.1 Å². The van der Waals surface area contributed by atoms with Gasteiger partial charge in [-0.05, 0) is 48.9 Å². The first-order valence-corrected chi connectivity index (χ1v) is 7.74. The average molecular weight is 261 g/mol. The molecule has 1 aliphatic carbocycles. The van der Waals surface area contributed by atoms with E-state index in [0.29, 0.717) is 12.0 Å². The SMILES string of the molecule is CCNC1CCCc2c(OCC(C)CC)cccc21. The minimum Gasteiger partial charge on any atom is -0.493 e. The first-order chi connectivity index (χ1) is 9.26. The fraction of sp³-hybridized carbons (Fsp3) is 0.647. The van der Waals surface area contributed by atoms with Crippen LogP contribution >= 0.6 is 0 Å². The molecule has 2 nitrogen and oxygen atoms in total. The van der Waals surface area contributed by atoms with Crippen molar-refractivity contribution in [1.82, 2.24) is 5.32 Å². The monoisotopic (exact) mass is 261 g/mol. The normalized spacial score (nSPS) is 19.8. The Morgan fingerprint density at radius 2 is 2.21 bits per heavy atom. The topological polar surface area (TPSA) is 21.3 Å². The van der Waals surface area contributed by atoms with Crippen molar-refractivity contribution >= 4 is 0 Å². The highest BCUT2D eigenvalue weighted by Crippen LogP contribution is 2.35. The number of rotatable bonds is 6. The van der Waals surface area contributed by atoms with Crippen molar-refractivity contribution in [2.45, 2.75) is 52.5 Å². The second kappa shape index (κ2) is 6.95. The predicted octanol–water partition coefficient (Wildman–Crippen LogP) is 4.10. The lowest BCUT2D eigenvalue weighted by atomic mass is 9.87. The molecule has 0 heterocycles. The van der Waals surface area contributed by atoms with E-state index in [2.05, 4.69) is 44.3 Å². The largest absolute Gasteiger partial charge is 0.493 e. The number of fused-ring (bicyclic) bond motifs is 1. The molecular formula is C17H27NO. The maximum absolute atomic E-state index is 6.06. The fourth-order valence-electron chi connectivity index (χ4n) is 2.76. The minimum atomic E-state index is 0.515. The van der Waals surface area contributed by atoms with Gasteiger partial charge in [0.05, 0.1) is 6.61 Å². The molecule has 0 saturated heterocycles. The van der Waals surface area contributed by atoms with Crippen LogP contribution in [0.3, 0.4) is 0 Å². The van der Waals surface area contributed by atoms with Crippen molar-refractivity contribution in [2.24, 2.45) is 5.92 Å². The summed E-state index contributed by atoms with van der Waals surface area (Å²) >= 11 is 0. The van der Waals surface area contributed by atoms with Gasteiger partial charge in [0.2, 0.25) is 0 Å². The Kier molecular flexibility index (Phi) is 5.26. The van der Waals surface area contributed by atoms with Gasteiger partial charge in [0.1, 0.15) is 5.75 Å². The van der Waals surface area contributed by atoms with Crippen LogP contribution in [0.5, 0.6) is 5.75 Å². The van der Waals surface area contributed by atoms with E-state index in [1.165, 1.54) is 30.4 Å². The molecule has 0 amide bonds. The minimum absolute atomic E-state index is 0.515. The number of hydrogen-bond donors (Lipinski definition) is 1. The van der Waals surface area contributed by atoms with Crippen LogP contribution in [0.15, 0.2) is 18.2 Å². The summed E-state index contributed by atoms with van der Waals surface area (Å²) in [7, 11) is 0. The molecule has 0 spiro atoms. The standard InChI is InChI=1S/C17H27NO/c1-4-13(3)12-19-17-11-7-8-14-15(17)9-6-10-16(14)18-5-2/h7-8,11,13,16,18H,4-6,9-10,12H2,1-3H3. The molecule has 2 unspecified atom stereocenters. The average Bonchev–Trinajstić information content (AvgIpc) is 2.45. The highest BCUT2D eigenvalue weighted by atomic mass is 16.5. The summed E-state index contributed by atoms with van der Waals surface area (Å²) in [6.07, 6.45) is 4.84. The molecule has 1 aliphatic rings. The van der Waals surface area contributed by atoms with E-state index in [1.807, 2.05) is 0 Å². The molecule has 0 bridgehead atoms. The van der Waals surface area contributed by atoms with Crippen molar-refractivity contribution < 1.29 is 4.74 Å². The summed E-state index contributed by atoms with van der Waals surface area (Å²) in [5.74, 6) is 1.74.